The van der Waals surface area contributed by atoms with E-state index in [1.165, 1.54) is 13.3 Å². The Morgan fingerprint density at radius 1 is 1.36 bits per heavy atom. The van der Waals surface area contributed by atoms with E-state index in [9.17, 15) is 18.0 Å². The van der Waals surface area contributed by atoms with Gasteiger partial charge in [0, 0.05) is 12.0 Å². The van der Waals surface area contributed by atoms with Gasteiger partial charge in [0.15, 0.2) is 0 Å². The summed E-state index contributed by atoms with van der Waals surface area (Å²) in [5.74, 6) is -2.91. The summed E-state index contributed by atoms with van der Waals surface area (Å²) in [6.45, 7) is 3.68. The molecule has 0 aliphatic heterocycles. The number of hydrogen-bond acceptors (Lipinski definition) is 8. The molecule has 0 saturated carbocycles. The van der Waals surface area contributed by atoms with E-state index < -0.39 is 27.5 Å². The maximum atomic E-state index is 11.2. The Kier molecular flexibility index (Phi) is 7.88. The van der Waals surface area contributed by atoms with Crippen LogP contribution in [0.2, 0.25) is 0 Å². The molecule has 1 heterocycles. The monoisotopic (exact) mass is 417 g/mol. The van der Waals surface area contributed by atoms with Crippen LogP contribution in [0.3, 0.4) is 0 Å². The first kappa shape index (κ1) is 23.3. The van der Waals surface area contributed by atoms with E-state index in [0.29, 0.717) is 6.54 Å². The minimum Gasteiger partial charge on any atom is -0.480 e. The van der Waals surface area contributed by atoms with E-state index >= 15 is 0 Å². The Labute approximate surface area is 162 Å². The van der Waals surface area contributed by atoms with Crippen LogP contribution in [0.25, 0.3) is 0 Å². The maximum absolute atomic E-state index is 11.2. The van der Waals surface area contributed by atoms with Crippen molar-refractivity contribution in [2.45, 2.75) is 39.3 Å². The van der Waals surface area contributed by atoms with Crippen LogP contribution < -0.4 is 0 Å². The SMILES string of the molecule is CC1(C(=O)O)CC(C(=O)O)=CC=C1OS(C)(=O)=O.CCC(O)Cn1cncn1. The average molecular weight is 417 g/mol. The van der Waals surface area contributed by atoms with Gasteiger partial charge in [0.25, 0.3) is 0 Å². The van der Waals surface area contributed by atoms with Gasteiger partial charge in [0.2, 0.25) is 0 Å². The normalized spacial score (nSPS) is 20.1. The van der Waals surface area contributed by atoms with Crippen molar-refractivity contribution in [2.24, 2.45) is 5.41 Å². The number of aromatic nitrogens is 3. The number of carboxylic acid groups (broad SMARTS) is 2. The summed E-state index contributed by atoms with van der Waals surface area (Å²) >= 11 is 0. The average Bonchev–Trinajstić information content (AvgIpc) is 3.08. The number of carboxylic acids is 2. The van der Waals surface area contributed by atoms with Gasteiger partial charge < -0.3 is 19.5 Å². The number of allylic oxidation sites excluding steroid dienone is 2. The molecule has 0 spiro atoms. The van der Waals surface area contributed by atoms with E-state index in [-0.39, 0.29) is 23.9 Å². The van der Waals surface area contributed by atoms with Gasteiger partial charge in [0.1, 0.15) is 23.8 Å². The maximum Gasteiger partial charge on any atom is 0.331 e. The third-order valence-corrected chi connectivity index (χ3v) is 4.33. The summed E-state index contributed by atoms with van der Waals surface area (Å²) < 4.78 is 28.3. The van der Waals surface area contributed by atoms with Gasteiger partial charge in [-0.3, -0.25) is 9.48 Å². The van der Waals surface area contributed by atoms with Gasteiger partial charge in [-0.15, -0.1) is 0 Å². The van der Waals surface area contributed by atoms with Crippen LogP contribution >= 0.6 is 0 Å². The van der Waals surface area contributed by atoms with Gasteiger partial charge in [-0.25, -0.2) is 9.78 Å². The van der Waals surface area contributed by atoms with Crippen LogP contribution in [0, 0.1) is 5.41 Å². The lowest BCUT2D eigenvalue weighted by Crippen LogP contribution is -2.35. The fourth-order valence-corrected chi connectivity index (χ4v) is 2.74. The zero-order chi connectivity index (χ0) is 21.5. The largest absolute Gasteiger partial charge is 0.480 e. The van der Waals surface area contributed by atoms with Crippen molar-refractivity contribution in [3.8, 4) is 0 Å². The number of aliphatic hydroxyl groups is 1. The van der Waals surface area contributed by atoms with E-state index in [1.54, 1.807) is 11.0 Å². The highest BCUT2D eigenvalue weighted by molar-refractivity contribution is 7.86. The third kappa shape index (κ3) is 6.78. The van der Waals surface area contributed by atoms with Crippen LogP contribution in [0.4, 0.5) is 0 Å². The highest BCUT2D eigenvalue weighted by Gasteiger charge is 2.44. The summed E-state index contributed by atoms with van der Waals surface area (Å²) in [6.07, 6.45) is 6.13. The Bertz CT molecular complexity index is 860. The van der Waals surface area contributed by atoms with Crippen molar-refractivity contribution in [3.05, 3.63) is 36.1 Å². The molecular formula is C16H23N3O8S. The Hall–Kier alpha value is -2.73. The number of aliphatic carboxylic acids is 2. The lowest BCUT2D eigenvalue weighted by Gasteiger charge is -2.29. The molecule has 11 nitrogen and oxygen atoms in total. The van der Waals surface area contributed by atoms with Crippen molar-refractivity contribution >= 4 is 22.1 Å². The molecule has 1 aromatic heterocycles. The molecule has 28 heavy (non-hydrogen) atoms. The van der Waals surface area contributed by atoms with E-state index in [4.69, 9.17) is 15.3 Å². The first-order chi connectivity index (χ1) is 12.9. The Morgan fingerprint density at radius 2 is 2.00 bits per heavy atom. The summed E-state index contributed by atoms with van der Waals surface area (Å²) in [5.41, 5.74) is -1.84. The highest BCUT2D eigenvalue weighted by atomic mass is 32.2. The quantitative estimate of drug-likeness (QED) is 0.528. The molecule has 0 fully saturated rings. The molecular weight excluding hydrogens is 394 g/mol. The zero-order valence-corrected chi connectivity index (χ0v) is 16.5. The molecule has 1 aliphatic rings. The first-order valence-electron chi connectivity index (χ1n) is 8.17. The van der Waals surface area contributed by atoms with Crippen molar-refractivity contribution in [3.63, 3.8) is 0 Å². The molecule has 12 heteroatoms. The molecule has 0 bridgehead atoms. The predicted octanol–water partition coefficient (Wildman–Crippen LogP) is 0.401. The molecule has 1 aliphatic carbocycles. The zero-order valence-electron chi connectivity index (χ0n) is 15.6. The second-order valence-electron chi connectivity index (χ2n) is 6.31. The lowest BCUT2D eigenvalue weighted by molar-refractivity contribution is -0.147. The number of aliphatic hydroxyl groups excluding tert-OH is 1. The van der Waals surface area contributed by atoms with Gasteiger partial charge in [-0.1, -0.05) is 6.92 Å². The Morgan fingerprint density at radius 3 is 2.43 bits per heavy atom. The number of rotatable bonds is 7. The molecule has 0 radical (unpaired) electrons. The number of carbonyl (C=O) groups is 2. The van der Waals surface area contributed by atoms with E-state index in [1.807, 2.05) is 6.92 Å². The fraction of sp³-hybridized carbons (Fsp3) is 0.500. The first-order valence-corrected chi connectivity index (χ1v) is 9.98. The van der Waals surface area contributed by atoms with Crippen LogP contribution in [0.15, 0.2) is 36.1 Å². The fourth-order valence-electron chi connectivity index (χ4n) is 2.17. The molecule has 0 amide bonds. The minimum absolute atomic E-state index is 0.124. The van der Waals surface area contributed by atoms with Gasteiger partial charge in [-0.05, 0) is 25.5 Å². The molecule has 0 saturated heterocycles. The van der Waals surface area contributed by atoms with E-state index in [2.05, 4.69) is 14.3 Å². The van der Waals surface area contributed by atoms with Gasteiger partial charge in [0.05, 0.1) is 18.9 Å². The minimum atomic E-state index is -3.87. The molecule has 2 unspecified atom stereocenters. The molecule has 0 aromatic carbocycles. The number of hydrogen-bond donors (Lipinski definition) is 3. The lowest BCUT2D eigenvalue weighted by atomic mass is 9.78. The van der Waals surface area contributed by atoms with Gasteiger partial charge in [-0.2, -0.15) is 13.5 Å². The van der Waals surface area contributed by atoms with E-state index in [0.717, 1.165) is 24.8 Å². The second kappa shape index (κ2) is 9.46. The van der Waals surface area contributed by atoms with Crippen molar-refractivity contribution in [1.29, 1.82) is 0 Å². The van der Waals surface area contributed by atoms with Crippen molar-refractivity contribution in [2.75, 3.05) is 6.26 Å². The topological polar surface area (TPSA) is 169 Å². The van der Waals surface area contributed by atoms with Crippen LogP contribution in [-0.4, -0.2) is 62.8 Å². The molecule has 1 aromatic rings. The van der Waals surface area contributed by atoms with Crippen LogP contribution in [0.5, 0.6) is 0 Å². The molecule has 156 valence electrons. The summed E-state index contributed by atoms with van der Waals surface area (Å²) in [7, 11) is -3.87. The predicted molar refractivity (Wildman–Crippen MR) is 96.4 cm³/mol. The Balaban J connectivity index is 0.000000330. The molecule has 2 atom stereocenters. The standard InChI is InChI=1S/C10H12O7S.C6H11N3O/c1-10(9(13)14)5-6(8(11)12)3-4-7(10)17-18(2,15)16;1-2-6(10)3-9-5-7-4-8-9/h3-4H,5H2,1-2H3,(H,11,12)(H,13,14);4-6,10H,2-3H2,1H3. The molecule has 3 N–H and O–H groups in total. The number of nitrogens with zero attached hydrogens (tertiary/aromatic N) is 3. The van der Waals surface area contributed by atoms with Crippen LogP contribution in [-0.2, 0) is 30.4 Å². The van der Waals surface area contributed by atoms with Crippen LogP contribution in [0.1, 0.15) is 26.7 Å². The summed E-state index contributed by atoms with van der Waals surface area (Å²) in [6, 6.07) is 0. The second-order valence-corrected chi connectivity index (χ2v) is 7.88. The molecule has 2 rings (SSSR count). The van der Waals surface area contributed by atoms with Crippen molar-refractivity contribution in [1.82, 2.24) is 14.8 Å². The highest BCUT2D eigenvalue weighted by Crippen LogP contribution is 2.39. The summed E-state index contributed by atoms with van der Waals surface area (Å²) in [4.78, 5) is 25.8. The van der Waals surface area contributed by atoms with Crippen molar-refractivity contribution < 1.29 is 37.5 Å². The van der Waals surface area contributed by atoms with Gasteiger partial charge >= 0.3 is 22.1 Å². The summed E-state index contributed by atoms with van der Waals surface area (Å²) in [5, 5.41) is 30.9. The smallest absolute Gasteiger partial charge is 0.331 e. The third-order valence-electron chi connectivity index (χ3n) is 3.85.